The first-order valence-corrected chi connectivity index (χ1v) is 9.50. The van der Waals surface area contributed by atoms with Crippen molar-refractivity contribution in [3.8, 4) is 11.4 Å². The Bertz CT molecular complexity index is 1160. The SMILES string of the molecule is COc1ccc(C)cc1-n1c2ccc(C)cc2c2cc(C(C)(C)C)ccc21. The van der Waals surface area contributed by atoms with E-state index in [2.05, 4.69) is 93.8 Å². The summed E-state index contributed by atoms with van der Waals surface area (Å²) in [6, 6.07) is 19.9. The molecule has 0 atom stereocenters. The number of hydrogen-bond acceptors (Lipinski definition) is 1. The Morgan fingerprint density at radius 3 is 2.00 bits per heavy atom. The zero-order chi connectivity index (χ0) is 19.3. The van der Waals surface area contributed by atoms with Crippen molar-refractivity contribution in [3.63, 3.8) is 0 Å². The van der Waals surface area contributed by atoms with Crippen molar-refractivity contribution in [3.05, 3.63) is 71.3 Å². The van der Waals surface area contributed by atoms with Gasteiger partial charge in [0.2, 0.25) is 0 Å². The molecule has 0 aliphatic carbocycles. The molecular weight excluding hydrogens is 330 g/mol. The Morgan fingerprint density at radius 1 is 0.741 bits per heavy atom. The standard InChI is InChI=1S/C25H27NO/c1-16-7-10-21-19(13-16)20-15-18(25(3,4)5)9-11-22(20)26(21)23-14-17(2)8-12-24(23)27-6/h7-15H,1-6H3. The van der Waals surface area contributed by atoms with Crippen LogP contribution in [0.15, 0.2) is 54.6 Å². The molecular formula is C25H27NO. The lowest BCUT2D eigenvalue weighted by Gasteiger charge is -2.19. The second-order valence-corrected chi connectivity index (χ2v) is 8.51. The molecule has 0 aliphatic heterocycles. The molecule has 0 aliphatic rings. The minimum atomic E-state index is 0.119. The van der Waals surface area contributed by atoms with Gasteiger partial charge in [0, 0.05) is 10.8 Å². The van der Waals surface area contributed by atoms with Crippen molar-refractivity contribution < 1.29 is 4.74 Å². The highest BCUT2D eigenvalue weighted by molar-refractivity contribution is 6.10. The summed E-state index contributed by atoms with van der Waals surface area (Å²) in [5.41, 5.74) is 7.49. The minimum Gasteiger partial charge on any atom is -0.495 e. The normalized spacial score (nSPS) is 12.1. The molecule has 0 fully saturated rings. The fourth-order valence-electron chi connectivity index (χ4n) is 3.84. The molecule has 2 heteroatoms. The van der Waals surface area contributed by atoms with E-state index in [-0.39, 0.29) is 5.41 Å². The average molecular weight is 357 g/mol. The lowest BCUT2D eigenvalue weighted by atomic mass is 9.86. The highest BCUT2D eigenvalue weighted by Gasteiger charge is 2.19. The summed E-state index contributed by atoms with van der Waals surface area (Å²) in [5.74, 6) is 0.889. The summed E-state index contributed by atoms with van der Waals surface area (Å²) in [4.78, 5) is 0. The number of methoxy groups -OCH3 is 1. The van der Waals surface area contributed by atoms with Crippen molar-refractivity contribution >= 4 is 21.8 Å². The van der Waals surface area contributed by atoms with E-state index in [1.807, 2.05) is 0 Å². The number of benzene rings is 3. The summed E-state index contributed by atoms with van der Waals surface area (Å²) in [6.45, 7) is 11.1. The van der Waals surface area contributed by atoms with E-state index in [1.54, 1.807) is 7.11 Å². The van der Waals surface area contributed by atoms with Crippen LogP contribution in [-0.4, -0.2) is 11.7 Å². The summed E-state index contributed by atoms with van der Waals surface area (Å²) < 4.78 is 8.04. The number of aromatic nitrogens is 1. The molecule has 4 rings (SSSR count). The van der Waals surface area contributed by atoms with E-state index in [1.165, 1.54) is 38.5 Å². The van der Waals surface area contributed by atoms with Gasteiger partial charge in [-0.15, -0.1) is 0 Å². The van der Waals surface area contributed by atoms with Crippen LogP contribution in [0, 0.1) is 13.8 Å². The van der Waals surface area contributed by atoms with Gasteiger partial charge in [-0.1, -0.05) is 44.5 Å². The number of nitrogens with zero attached hydrogens (tertiary/aromatic N) is 1. The molecule has 138 valence electrons. The summed E-state index contributed by atoms with van der Waals surface area (Å²) in [7, 11) is 1.74. The van der Waals surface area contributed by atoms with Crippen molar-refractivity contribution in [1.29, 1.82) is 0 Å². The Labute approximate surface area is 161 Å². The zero-order valence-electron chi connectivity index (χ0n) is 17.1. The van der Waals surface area contributed by atoms with Crippen LogP contribution in [0.3, 0.4) is 0 Å². The van der Waals surface area contributed by atoms with E-state index >= 15 is 0 Å². The predicted molar refractivity (Wildman–Crippen MR) is 116 cm³/mol. The molecule has 1 heterocycles. The second kappa shape index (κ2) is 6.16. The van der Waals surface area contributed by atoms with Gasteiger partial charge in [0.1, 0.15) is 5.75 Å². The number of aryl methyl sites for hydroxylation is 2. The lowest BCUT2D eigenvalue weighted by molar-refractivity contribution is 0.413. The van der Waals surface area contributed by atoms with Gasteiger partial charge in [0.15, 0.2) is 0 Å². The van der Waals surface area contributed by atoms with E-state index < -0.39 is 0 Å². The van der Waals surface area contributed by atoms with Crippen LogP contribution in [0.1, 0.15) is 37.5 Å². The third-order valence-electron chi connectivity index (χ3n) is 5.36. The minimum absolute atomic E-state index is 0.119. The van der Waals surface area contributed by atoms with Crippen molar-refractivity contribution in [2.24, 2.45) is 0 Å². The molecule has 27 heavy (non-hydrogen) atoms. The summed E-state index contributed by atoms with van der Waals surface area (Å²) in [6.07, 6.45) is 0. The first kappa shape index (κ1) is 17.7. The largest absolute Gasteiger partial charge is 0.495 e. The van der Waals surface area contributed by atoms with Crippen LogP contribution < -0.4 is 4.74 Å². The van der Waals surface area contributed by atoms with Gasteiger partial charge in [-0.2, -0.15) is 0 Å². The fraction of sp³-hybridized carbons (Fsp3) is 0.280. The van der Waals surface area contributed by atoms with Gasteiger partial charge in [-0.05, 0) is 66.8 Å². The zero-order valence-corrected chi connectivity index (χ0v) is 17.1. The Hall–Kier alpha value is -2.74. The van der Waals surface area contributed by atoms with Gasteiger partial charge in [-0.3, -0.25) is 0 Å². The van der Waals surface area contributed by atoms with Crippen LogP contribution >= 0.6 is 0 Å². The second-order valence-electron chi connectivity index (χ2n) is 8.51. The van der Waals surface area contributed by atoms with Gasteiger partial charge in [0.05, 0.1) is 23.8 Å². The van der Waals surface area contributed by atoms with Crippen molar-refractivity contribution in [2.75, 3.05) is 7.11 Å². The molecule has 2 nitrogen and oxygen atoms in total. The number of ether oxygens (including phenoxy) is 1. The van der Waals surface area contributed by atoms with Crippen LogP contribution in [-0.2, 0) is 5.41 Å². The van der Waals surface area contributed by atoms with Crippen LogP contribution in [0.2, 0.25) is 0 Å². The van der Waals surface area contributed by atoms with Gasteiger partial charge in [-0.25, -0.2) is 0 Å². The topological polar surface area (TPSA) is 14.2 Å². The lowest BCUT2D eigenvalue weighted by Crippen LogP contribution is -2.10. The third kappa shape index (κ3) is 2.90. The summed E-state index contributed by atoms with van der Waals surface area (Å²) >= 11 is 0. The smallest absolute Gasteiger partial charge is 0.142 e. The Kier molecular flexibility index (Phi) is 4.03. The Morgan fingerprint density at radius 2 is 1.33 bits per heavy atom. The predicted octanol–water partition coefficient (Wildman–Crippen LogP) is 6.71. The van der Waals surface area contributed by atoms with E-state index in [9.17, 15) is 0 Å². The molecule has 0 spiro atoms. The molecule has 4 aromatic rings. The van der Waals surface area contributed by atoms with E-state index in [4.69, 9.17) is 4.74 Å². The molecule has 0 radical (unpaired) electrons. The highest BCUT2D eigenvalue weighted by Crippen LogP contribution is 2.38. The molecule has 0 amide bonds. The van der Waals surface area contributed by atoms with Crippen LogP contribution in [0.4, 0.5) is 0 Å². The maximum atomic E-state index is 5.70. The van der Waals surface area contributed by atoms with Gasteiger partial charge in [0.25, 0.3) is 0 Å². The third-order valence-corrected chi connectivity index (χ3v) is 5.36. The van der Waals surface area contributed by atoms with Crippen LogP contribution in [0.5, 0.6) is 5.75 Å². The number of rotatable bonds is 2. The highest BCUT2D eigenvalue weighted by atomic mass is 16.5. The fourth-order valence-corrected chi connectivity index (χ4v) is 3.84. The van der Waals surface area contributed by atoms with Gasteiger partial charge >= 0.3 is 0 Å². The average Bonchev–Trinajstić information content (AvgIpc) is 2.93. The molecule has 0 unspecified atom stereocenters. The maximum Gasteiger partial charge on any atom is 0.142 e. The molecule has 3 aromatic carbocycles. The van der Waals surface area contributed by atoms with Gasteiger partial charge < -0.3 is 9.30 Å². The molecule has 0 N–H and O–H groups in total. The maximum absolute atomic E-state index is 5.70. The Balaban J connectivity index is 2.16. The monoisotopic (exact) mass is 357 g/mol. The van der Waals surface area contributed by atoms with Crippen molar-refractivity contribution in [1.82, 2.24) is 4.57 Å². The van der Waals surface area contributed by atoms with E-state index in [0.717, 1.165) is 11.4 Å². The molecule has 1 aromatic heterocycles. The van der Waals surface area contributed by atoms with Crippen LogP contribution in [0.25, 0.3) is 27.5 Å². The quantitative estimate of drug-likeness (QED) is 0.389. The first-order chi connectivity index (χ1) is 12.8. The molecule has 0 bridgehead atoms. The molecule has 0 saturated heterocycles. The number of fused-ring (bicyclic) bond motifs is 3. The first-order valence-electron chi connectivity index (χ1n) is 9.50. The summed E-state index contributed by atoms with van der Waals surface area (Å²) in [5, 5.41) is 2.59. The number of hydrogen-bond donors (Lipinski definition) is 0. The van der Waals surface area contributed by atoms with E-state index in [0.29, 0.717) is 0 Å². The van der Waals surface area contributed by atoms with Crippen molar-refractivity contribution in [2.45, 2.75) is 40.0 Å². The molecule has 0 saturated carbocycles.